The van der Waals surface area contributed by atoms with Gasteiger partial charge in [-0.2, -0.15) is 0 Å². The monoisotopic (exact) mass is 323 g/mol. The summed E-state index contributed by atoms with van der Waals surface area (Å²) in [6.07, 6.45) is 3.14. The third kappa shape index (κ3) is 4.24. The first kappa shape index (κ1) is 11.9. The third-order valence-corrected chi connectivity index (χ3v) is 4.86. The number of carbonyl (C=O) groups is 2. The molecule has 5 nitrogen and oxygen atoms in total. The van der Waals surface area contributed by atoms with Gasteiger partial charge in [0, 0.05) is 0 Å². The first-order chi connectivity index (χ1) is 7.09. The van der Waals surface area contributed by atoms with E-state index in [9.17, 15) is 9.59 Å². The Balaban J connectivity index is 2.81. The van der Waals surface area contributed by atoms with Gasteiger partial charge < -0.3 is 0 Å². The van der Waals surface area contributed by atoms with Gasteiger partial charge in [-0.05, 0) is 0 Å². The maximum atomic E-state index is 10.8. The fraction of sp³-hybridized carbons (Fsp3) is 0.222. The van der Waals surface area contributed by atoms with Crippen LogP contribution in [-0.2, 0) is 15.7 Å². The van der Waals surface area contributed by atoms with Crippen molar-refractivity contribution in [2.75, 3.05) is 0 Å². The SMILES string of the molecule is CC(=O)OI(OC(C)=O)c1cccnc1. The van der Waals surface area contributed by atoms with Gasteiger partial charge in [-0.15, -0.1) is 0 Å². The van der Waals surface area contributed by atoms with Crippen LogP contribution in [-0.4, -0.2) is 16.9 Å². The molecular formula is C9H10INO4. The summed E-state index contributed by atoms with van der Waals surface area (Å²) in [6, 6.07) is 3.43. The van der Waals surface area contributed by atoms with Gasteiger partial charge in [0.25, 0.3) is 0 Å². The van der Waals surface area contributed by atoms with Crippen LogP contribution in [0.15, 0.2) is 24.5 Å². The molecule has 0 aliphatic rings. The Morgan fingerprint density at radius 1 is 1.27 bits per heavy atom. The molecule has 0 saturated heterocycles. The van der Waals surface area contributed by atoms with Gasteiger partial charge in [-0.3, -0.25) is 0 Å². The first-order valence-corrected chi connectivity index (χ1v) is 6.91. The van der Waals surface area contributed by atoms with E-state index in [0.717, 1.165) is 0 Å². The van der Waals surface area contributed by atoms with Crippen molar-refractivity contribution in [1.82, 2.24) is 4.98 Å². The van der Waals surface area contributed by atoms with E-state index in [0.29, 0.717) is 3.57 Å². The van der Waals surface area contributed by atoms with Crippen LogP contribution in [0.4, 0.5) is 0 Å². The second-order valence-electron chi connectivity index (χ2n) is 2.53. The number of aromatic nitrogens is 1. The summed E-state index contributed by atoms with van der Waals surface area (Å²) in [5.74, 6) is -0.907. The molecule has 15 heavy (non-hydrogen) atoms. The average Bonchev–Trinajstić information content (AvgIpc) is 2.17. The normalized spacial score (nSPS) is 10.4. The molecule has 0 bridgehead atoms. The van der Waals surface area contributed by atoms with Crippen molar-refractivity contribution in [3.05, 3.63) is 28.1 Å². The summed E-state index contributed by atoms with van der Waals surface area (Å²) in [7, 11) is 0. The molecule has 0 aliphatic heterocycles. The average molecular weight is 323 g/mol. The summed E-state index contributed by atoms with van der Waals surface area (Å²) in [5.41, 5.74) is 0. The molecule has 0 aliphatic carbocycles. The van der Waals surface area contributed by atoms with Crippen LogP contribution in [0.25, 0.3) is 0 Å². The van der Waals surface area contributed by atoms with E-state index in [-0.39, 0.29) is 0 Å². The van der Waals surface area contributed by atoms with E-state index in [1.54, 1.807) is 18.3 Å². The second-order valence-corrected chi connectivity index (χ2v) is 5.89. The molecule has 1 heterocycles. The Morgan fingerprint density at radius 3 is 2.27 bits per heavy atom. The van der Waals surface area contributed by atoms with E-state index >= 15 is 0 Å². The zero-order valence-corrected chi connectivity index (χ0v) is 10.4. The van der Waals surface area contributed by atoms with Crippen LogP contribution in [0.3, 0.4) is 0 Å². The molecule has 82 valence electrons. The molecule has 0 unspecified atom stereocenters. The fourth-order valence-corrected chi connectivity index (χ4v) is 3.35. The molecular weight excluding hydrogens is 313 g/mol. The van der Waals surface area contributed by atoms with Gasteiger partial charge in [0.2, 0.25) is 0 Å². The van der Waals surface area contributed by atoms with Crippen LogP contribution in [0.2, 0.25) is 0 Å². The van der Waals surface area contributed by atoms with Crippen molar-refractivity contribution in [2.45, 2.75) is 13.8 Å². The van der Waals surface area contributed by atoms with Gasteiger partial charge >= 0.3 is 95.2 Å². The van der Waals surface area contributed by atoms with Crippen molar-refractivity contribution in [3.63, 3.8) is 0 Å². The molecule has 1 aromatic rings. The van der Waals surface area contributed by atoms with E-state index in [1.807, 2.05) is 0 Å². The van der Waals surface area contributed by atoms with Crippen LogP contribution < -0.4 is 0 Å². The van der Waals surface area contributed by atoms with Crippen molar-refractivity contribution < 1.29 is 15.7 Å². The molecule has 0 saturated carbocycles. The van der Waals surface area contributed by atoms with Crippen molar-refractivity contribution >= 4 is 32.6 Å². The molecule has 0 aromatic carbocycles. The summed E-state index contributed by atoms with van der Waals surface area (Å²) in [6.45, 7) is 2.56. The number of nitrogens with zero attached hydrogens (tertiary/aromatic N) is 1. The van der Waals surface area contributed by atoms with Gasteiger partial charge in [0.15, 0.2) is 0 Å². The Hall–Kier alpha value is -1.18. The Kier molecular flexibility index (Phi) is 4.47. The number of carbonyl (C=O) groups excluding carboxylic acids is 2. The molecule has 0 amide bonds. The Morgan fingerprint density at radius 2 is 1.87 bits per heavy atom. The number of hydrogen-bond donors (Lipinski definition) is 0. The summed E-state index contributed by atoms with van der Waals surface area (Å²) < 4.78 is 10.6. The standard InChI is InChI=1S/C9H10INO4/c1-7(12)14-10(15-8(2)13)9-4-3-5-11-6-9/h3-6H,1-2H3. The molecule has 1 rings (SSSR count). The molecule has 1 aromatic heterocycles. The Labute approximate surface area is 95.3 Å². The molecule has 0 atom stereocenters. The molecule has 6 heteroatoms. The van der Waals surface area contributed by atoms with Gasteiger partial charge in [-0.1, -0.05) is 0 Å². The predicted molar refractivity (Wildman–Crippen MR) is 60.5 cm³/mol. The maximum absolute atomic E-state index is 10.8. The second kappa shape index (κ2) is 5.64. The number of halogens is 1. The fourth-order valence-electron chi connectivity index (χ4n) is 0.735. The summed E-state index contributed by atoms with van der Waals surface area (Å²) >= 11 is -2.65. The van der Waals surface area contributed by atoms with Gasteiger partial charge in [0.05, 0.1) is 0 Å². The van der Waals surface area contributed by atoms with Crippen LogP contribution in [0.5, 0.6) is 0 Å². The van der Waals surface area contributed by atoms with E-state index < -0.39 is 32.6 Å². The van der Waals surface area contributed by atoms with Gasteiger partial charge in [-0.25, -0.2) is 0 Å². The third-order valence-electron chi connectivity index (χ3n) is 1.16. The quantitative estimate of drug-likeness (QED) is 0.793. The van der Waals surface area contributed by atoms with Crippen molar-refractivity contribution in [2.24, 2.45) is 0 Å². The molecule has 0 N–H and O–H groups in total. The van der Waals surface area contributed by atoms with Gasteiger partial charge in [0.1, 0.15) is 0 Å². The zero-order chi connectivity index (χ0) is 11.3. The molecule has 0 radical (unpaired) electrons. The Bertz CT molecular complexity index is 338. The van der Waals surface area contributed by atoms with Crippen molar-refractivity contribution in [1.29, 1.82) is 0 Å². The number of rotatable bonds is 3. The molecule has 0 fully saturated rings. The summed E-state index contributed by atoms with van der Waals surface area (Å²) in [4.78, 5) is 25.5. The minimum atomic E-state index is -2.65. The molecule has 0 spiro atoms. The predicted octanol–water partition coefficient (Wildman–Crippen LogP) is 1.71. The van der Waals surface area contributed by atoms with E-state index in [2.05, 4.69) is 4.98 Å². The zero-order valence-electron chi connectivity index (χ0n) is 8.27. The van der Waals surface area contributed by atoms with Crippen LogP contribution in [0, 0.1) is 3.57 Å². The van der Waals surface area contributed by atoms with Crippen LogP contribution >= 0.6 is 20.6 Å². The summed E-state index contributed by atoms with van der Waals surface area (Å²) in [5, 5.41) is 0. The van der Waals surface area contributed by atoms with Crippen LogP contribution in [0.1, 0.15) is 13.8 Å². The topological polar surface area (TPSA) is 65.5 Å². The van der Waals surface area contributed by atoms with E-state index in [1.165, 1.54) is 20.0 Å². The van der Waals surface area contributed by atoms with E-state index in [4.69, 9.17) is 6.13 Å². The van der Waals surface area contributed by atoms with Crippen molar-refractivity contribution in [3.8, 4) is 0 Å². The minimum absolute atomic E-state index is 0.453. The first-order valence-electron chi connectivity index (χ1n) is 4.07. The number of hydrogen-bond acceptors (Lipinski definition) is 5. The number of pyridine rings is 1.